The Balaban J connectivity index is 2.87. The monoisotopic (exact) mass is 224 g/mol. The number of anilines is 1. The lowest BCUT2D eigenvalue weighted by Crippen LogP contribution is -2.36. The molecular weight excluding hydrogens is 212 g/mol. The molecular formula is C10H12N2O4. The zero-order valence-electron chi connectivity index (χ0n) is 8.75. The summed E-state index contributed by atoms with van der Waals surface area (Å²) < 4.78 is 4.71. The molecule has 1 aromatic rings. The van der Waals surface area contributed by atoms with Crippen molar-refractivity contribution < 1.29 is 19.2 Å². The molecule has 0 bridgehead atoms. The SMILES string of the molecule is CCOC(=O)N(OC(N)=O)c1ccccc1. The number of carbonyl (C=O) groups is 2. The number of hydrogen-bond acceptors (Lipinski definition) is 4. The van der Waals surface area contributed by atoms with E-state index in [2.05, 4.69) is 4.84 Å². The van der Waals surface area contributed by atoms with Crippen molar-refractivity contribution in [3.8, 4) is 0 Å². The van der Waals surface area contributed by atoms with Crippen LogP contribution in [0.15, 0.2) is 30.3 Å². The molecule has 0 heterocycles. The van der Waals surface area contributed by atoms with Gasteiger partial charge >= 0.3 is 12.2 Å². The fraction of sp³-hybridized carbons (Fsp3) is 0.200. The molecule has 0 aliphatic heterocycles. The number of ether oxygens (including phenoxy) is 1. The number of nitrogens with two attached hydrogens (primary N) is 1. The van der Waals surface area contributed by atoms with E-state index in [1.807, 2.05) is 0 Å². The number of hydroxylamine groups is 1. The molecule has 0 saturated heterocycles. The Morgan fingerprint density at radius 3 is 2.44 bits per heavy atom. The van der Waals surface area contributed by atoms with Crippen molar-refractivity contribution >= 4 is 17.9 Å². The topological polar surface area (TPSA) is 81.9 Å². The summed E-state index contributed by atoms with van der Waals surface area (Å²) in [6, 6.07) is 8.30. The van der Waals surface area contributed by atoms with Crippen molar-refractivity contribution in [2.75, 3.05) is 11.7 Å². The maximum Gasteiger partial charge on any atom is 0.448 e. The number of primary amides is 1. The summed E-state index contributed by atoms with van der Waals surface area (Å²) in [4.78, 5) is 26.6. The van der Waals surface area contributed by atoms with Gasteiger partial charge in [0.15, 0.2) is 0 Å². The van der Waals surface area contributed by atoms with Gasteiger partial charge in [-0.15, -0.1) is 5.06 Å². The van der Waals surface area contributed by atoms with Gasteiger partial charge in [0.25, 0.3) is 0 Å². The fourth-order valence-corrected chi connectivity index (χ4v) is 1.03. The van der Waals surface area contributed by atoms with E-state index in [9.17, 15) is 9.59 Å². The molecule has 2 amide bonds. The third-order valence-electron chi connectivity index (χ3n) is 1.61. The van der Waals surface area contributed by atoms with Crippen molar-refractivity contribution in [2.45, 2.75) is 6.92 Å². The molecule has 0 spiro atoms. The molecule has 0 saturated carbocycles. The zero-order valence-corrected chi connectivity index (χ0v) is 8.75. The van der Waals surface area contributed by atoms with Crippen LogP contribution >= 0.6 is 0 Å². The van der Waals surface area contributed by atoms with E-state index >= 15 is 0 Å². The van der Waals surface area contributed by atoms with Crippen LogP contribution in [0.3, 0.4) is 0 Å². The third-order valence-corrected chi connectivity index (χ3v) is 1.61. The Hall–Kier alpha value is -2.24. The molecule has 86 valence electrons. The van der Waals surface area contributed by atoms with E-state index in [-0.39, 0.29) is 6.61 Å². The number of amides is 2. The maximum absolute atomic E-state index is 11.5. The van der Waals surface area contributed by atoms with E-state index in [4.69, 9.17) is 10.5 Å². The maximum atomic E-state index is 11.5. The molecule has 0 unspecified atom stereocenters. The normalized spacial score (nSPS) is 9.31. The van der Waals surface area contributed by atoms with Crippen LogP contribution in [0.25, 0.3) is 0 Å². The molecule has 0 aliphatic rings. The number of hydrogen-bond donors (Lipinski definition) is 1. The van der Waals surface area contributed by atoms with Crippen LogP contribution in [0.1, 0.15) is 6.92 Å². The van der Waals surface area contributed by atoms with Crippen LogP contribution in [0, 0.1) is 0 Å². The molecule has 0 radical (unpaired) electrons. The Kier molecular flexibility index (Phi) is 4.14. The number of para-hydroxylation sites is 1. The van der Waals surface area contributed by atoms with Crippen LogP contribution < -0.4 is 10.8 Å². The lowest BCUT2D eigenvalue weighted by Gasteiger charge is -2.18. The van der Waals surface area contributed by atoms with Gasteiger partial charge < -0.3 is 15.3 Å². The first-order chi connectivity index (χ1) is 7.65. The zero-order chi connectivity index (χ0) is 12.0. The molecule has 2 N–H and O–H groups in total. The smallest absolute Gasteiger partial charge is 0.447 e. The first-order valence-corrected chi connectivity index (χ1v) is 4.64. The van der Waals surface area contributed by atoms with Crippen molar-refractivity contribution in [2.24, 2.45) is 5.73 Å². The quantitative estimate of drug-likeness (QED) is 0.774. The highest BCUT2D eigenvalue weighted by Gasteiger charge is 2.20. The summed E-state index contributed by atoms with van der Waals surface area (Å²) in [5.41, 5.74) is 5.21. The van der Waals surface area contributed by atoms with Gasteiger partial charge in [-0.05, 0) is 19.1 Å². The van der Waals surface area contributed by atoms with Crippen LogP contribution in [0.5, 0.6) is 0 Å². The van der Waals surface area contributed by atoms with Gasteiger partial charge in [-0.1, -0.05) is 18.2 Å². The summed E-state index contributed by atoms with van der Waals surface area (Å²) in [7, 11) is 0. The Morgan fingerprint density at radius 2 is 1.94 bits per heavy atom. The fourth-order valence-electron chi connectivity index (χ4n) is 1.03. The highest BCUT2D eigenvalue weighted by atomic mass is 16.8. The average Bonchev–Trinajstić information content (AvgIpc) is 2.27. The molecule has 16 heavy (non-hydrogen) atoms. The minimum Gasteiger partial charge on any atom is -0.447 e. The van der Waals surface area contributed by atoms with Crippen LogP contribution in [-0.4, -0.2) is 18.8 Å². The molecule has 6 heteroatoms. The first-order valence-electron chi connectivity index (χ1n) is 4.64. The van der Waals surface area contributed by atoms with Crippen molar-refractivity contribution in [3.05, 3.63) is 30.3 Å². The molecule has 1 rings (SSSR count). The second kappa shape index (κ2) is 5.59. The summed E-state index contributed by atoms with van der Waals surface area (Å²) in [6.07, 6.45) is -1.88. The van der Waals surface area contributed by atoms with E-state index in [0.29, 0.717) is 10.8 Å². The standard InChI is InChI=1S/C10H12N2O4/c1-2-15-10(14)12(16-9(11)13)8-6-4-3-5-7-8/h3-7H,2H2,1H3,(H2,11,13). The predicted octanol–water partition coefficient (Wildman–Crippen LogP) is 1.66. The summed E-state index contributed by atoms with van der Waals surface area (Å²) in [5.74, 6) is 0. The minimum absolute atomic E-state index is 0.171. The number of carbonyl (C=O) groups excluding carboxylic acids is 2. The van der Waals surface area contributed by atoms with Gasteiger partial charge in [0.1, 0.15) is 0 Å². The average molecular weight is 224 g/mol. The van der Waals surface area contributed by atoms with E-state index in [0.717, 1.165) is 0 Å². The largest absolute Gasteiger partial charge is 0.448 e. The van der Waals surface area contributed by atoms with Crippen LogP contribution in [-0.2, 0) is 9.57 Å². The highest BCUT2D eigenvalue weighted by molar-refractivity contribution is 5.87. The van der Waals surface area contributed by atoms with Crippen LogP contribution in [0.2, 0.25) is 0 Å². The molecule has 0 atom stereocenters. The Morgan fingerprint density at radius 1 is 1.31 bits per heavy atom. The highest BCUT2D eigenvalue weighted by Crippen LogP contribution is 2.14. The van der Waals surface area contributed by atoms with Crippen molar-refractivity contribution in [1.29, 1.82) is 0 Å². The first kappa shape index (κ1) is 11.8. The van der Waals surface area contributed by atoms with Gasteiger partial charge in [-0.3, -0.25) is 0 Å². The summed E-state index contributed by atoms with van der Waals surface area (Å²) >= 11 is 0. The molecule has 0 fully saturated rings. The molecule has 1 aromatic carbocycles. The second-order valence-corrected chi connectivity index (χ2v) is 2.74. The molecule has 6 nitrogen and oxygen atoms in total. The van der Waals surface area contributed by atoms with Crippen molar-refractivity contribution in [3.63, 3.8) is 0 Å². The molecule has 0 aliphatic carbocycles. The number of nitrogens with zero attached hydrogens (tertiary/aromatic N) is 1. The third kappa shape index (κ3) is 3.16. The lowest BCUT2D eigenvalue weighted by atomic mass is 10.3. The minimum atomic E-state index is -1.09. The Labute approximate surface area is 92.5 Å². The summed E-state index contributed by atoms with van der Waals surface area (Å²) in [5, 5.41) is 0.700. The Bertz CT molecular complexity index is 366. The van der Waals surface area contributed by atoms with Gasteiger partial charge in [0.05, 0.1) is 12.3 Å². The van der Waals surface area contributed by atoms with Gasteiger partial charge in [-0.2, -0.15) is 0 Å². The lowest BCUT2D eigenvalue weighted by molar-refractivity contribution is 0.104. The summed E-state index contributed by atoms with van der Waals surface area (Å²) in [6.45, 7) is 1.82. The van der Waals surface area contributed by atoms with Crippen molar-refractivity contribution in [1.82, 2.24) is 0 Å². The van der Waals surface area contributed by atoms with Gasteiger partial charge in [0.2, 0.25) is 0 Å². The van der Waals surface area contributed by atoms with E-state index in [1.54, 1.807) is 37.3 Å². The second-order valence-electron chi connectivity index (χ2n) is 2.74. The van der Waals surface area contributed by atoms with Crippen LogP contribution in [0.4, 0.5) is 15.3 Å². The van der Waals surface area contributed by atoms with E-state index < -0.39 is 12.2 Å². The van der Waals surface area contributed by atoms with Gasteiger partial charge in [0, 0.05) is 0 Å². The van der Waals surface area contributed by atoms with Gasteiger partial charge in [-0.25, -0.2) is 9.59 Å². The number of rotatable bonds is 2. The number of benzene rings is 1. The predicted molar refractivity (Wildman–Crippen MR) is 56.6 cm³/mol. The molecule has 0 aromatic heterocycles. The van der Waals surface area contributed by atoms with E-state index in [1.165, 1.54) is 0 Å².